The van der Waals surface area contributed by atoms with E-state index in [-0.39, 0.29) is 5.56 Å². The van der Waals surface area contributed by atoms with E-state index in [1.54, 1.807) is 7.11 Å². The van der Waals surface area contributed by atoms with Crippen LogP contribution in [0.25, 0.3) is 21.0 Å². The Morgan fingerprint density at radius 1 is 1.33 bits per heavy atom. The van der Waals surface area contributed by atoms with Crippen LogP contribution in [0.15, 0.2) is 26.8 Å². The summed E-state index contributed by atoms with van der Waals surface area (Å²) in [6.07, 6.45) is 0. The first-order valence-electron chi connectivity index (χ1n) is 5.39. The van der Waals surface area contributed by atoms with Crippen LogP contribution in [0.5, 0.6) is 5.75 Å². The summed E-state index contributed by atoms with van der Waals surface area (Å²) in [6.45, 7) is 2.02. The molecule has 1 aromatic carbocycles. The molecule has 0 aliphatic carbocycles. The summed E-state index contributed by atoms with van der Waals surface area (Å²) in [5, 5.41) is 4.01. The predicted octanol–water partition coefficient (Wildman–Crippen LogP) is 3.82. The van der Waals surface area contributed by atoms with Crippen LogP contribution >= 0.6 is 27.3 Å². The summed E-state index contributed by atoms with van der Waals surface area (Å²) >= 11 is 5.04. The summed E-state index contributed by atoms with van der Waals surface area (Å²) in [5.41, 5.74) is 1.90. The molecule has 0 bridgehead atoms. The maximum absolute atomic E-state index is 12.0. The summed E-state index contributed by atoms with van der Waals surface area (Å²) < 4.78 is 6.95. The van der Waals surface area contributed by atoms with Gasteiger partial charge in [-0.1, -0.05) is 0 Å². The van der Waals surface area contributed by atoms with Gasteiger partial charge >= 0.3 is 0 Å². The van der Waals surface area contributed by atoms with Crippen molar-refractivity contribution in [2.24, 2.45) is 0 Å². The van der Waals surface area contributed by atoms with E-state index in [2.05, 4.69) is 20.9 Å². The number of rotatable bonds is 1. The number of halogens is 1. The van der Waals surface area contributed by atoms with Gasteiger partial charge < -0.3 is 9.72 Å². The minimum absolute atomic E-state index is 0.0346. The lowest BCUT2D eigenvalue weighted by Crippen LogP contribution is -2.04. The number of hydrogen-bond acceptors (Lipinski definition) is 3. The summed E-state index contributed by atoms with van der Waals surface area (Å²) in [5.74, 6) is 0.765. The van der Waals surface area contributed by atoms with Gasteiger partial charge in [-0.05, 0) is 45.9 Å². The minimum Gasteiger partial charge on any atom is -0.496 e. The van der Waals surface area contributed by atoms with Gasteiger partial charge in [-0.3, -0.25) is 4.79 Å². The first-order chi connectivity index (χ1) is 8.63. The van der Waals surface area contributed by atoms with Gasteiger partial charge in [-0.15, -0.1) is 11.3 Å². The van der Waals surface area contributed by atoms with Gasteiger partial charge in [-0.2, -0.15) is 0 Å². The fourth-order valence-electron chi connectivity index (χ4n) is 2.16. The van der Waals surface area contributed by atoms with E-state index in [1.807, 2.05) is 24.4 Å². The second kappa shape index (κ2) is 4.10. The van der Waals surface area contributed by atoms with Crippen molar-refractivity contribution in [1.29, 1.82) is 0 Å². The number of pyridine rings is 1. The van der Waals surface area contributed by atoms with Crippen LogP contribution < -0.4 is 10.3 Å². The van der Waals surface area contributed by atoms with Crippen molar-refractivity contribution in [2.45, 2.75) is 6.92 Å². The lowest BCUT2D eigenvalue weighted by Gasteiger charge is -2.08. The highest BCUT2D eigenvalue weighted by molar-refractivity contribution is 9.10. The number of ether oxygens (including phenoxy) is 1. The zero-order valence-electron chi connectivity index (χ0n) is 9.83. The molecule has 18 heavy (non-hydrogen) atoms. The standard InChI is InChI=1S/C13H10BrNO2S/c1-6-5-18-12-9(6)10-7(15-13(12)16)3-4-8(17-2)11(10)14/h3-5H,1-2H3,(H,15,16). The van der Waals surface area contributed by atoms with Gasteiger partial charge in [0.15, 0.2) is 0 Å². The molecule has 2 aromatic heterocycles. The van der Waals surface area contributed by atoms with Crippen molar-refractivity contribution in [1.82, 2.24) is 4.98 Å². The van der Waals surface area contributed by atoms with Gasteiger partial charge in [0.05, 0.1) is 17.1 Å². The topological polar surface area (TPSA) is 42.1 Å². The van der Waals surface area contributed by atoms with Gasteiger partial charge in [0.25, 0.3) is 5.56 Å². The maximum Gasteiger partial charge on any atom is 0.266 e. The summed E-state index contributed by atoms with van der Waals surface area (Å²) in [4.78, 5) is 14.9. The number of fused-ring (bicyclic) bond motifs is 3. The Kier molecular flexibility index (Phi) is 2.68. The molecule has 92 valence electrons. The van der Waals surface area contributed by atoms with Crippen LogP contribution in [0.1, 0.15) is 5.56 Å². The zero-order chi connectivity index (χ0) is 12.9. The molecular weight excluding hydrogens is 314 g/mol. The van der Waals surface area contributed by atoms with Crippen LogP contribution in [0.2, 0.25) is 0 Å². The smallest absolute Gasteiger partial charge is 0.266 e. The van der Waals surface area contributed by atoms with E-state index in [4.69, 9.17) is 4.74 Å². The molecule has 5 heteroatoms. The Balaban J connectivity index is 2.66. The molecule has 1 N–H and O–H groups in total. The molecule has 0 saturated heterocycles. The highest BCUT2D eigenvalue weighted by Gasteiger charge is 2.14. The van der Waals surface area contributed by atoms with Crippen molar-refractivity contribution in [3.8, 4) is 5.75 Å². The van der Waals surface area contributed by atoms with Crippen LogP contribution in [-0.2, 0) is 0 Å². The monoisotopic (exact) mass is 323 g/mol. The van der Waals surface area contributed by atoms with Gasteiger partial charge in [0.2, 0.25) is 0 Å². The molecule has 0 atom stereocenters. The molecule has 0 radical (unpaired) electrons. The van der Waals surface area contributed by atoms with E-state index in [0.717, 1.165) is 36.8 Å². The molecule has 0 aliphatic heterocycles. The fourth-order valence-corrected chi connectivity index (χ4v) is 3.82. The number of aromatic nitrogens is 1. The first kappa shape index (κ1) is 11.7. The number of aromatic amines is 1. The van der Waals surface area contributed by atoms with Gasteiger partial charge in [0.1, 0.15) is 10.4 Å². The number of benzene rings is 1. The van der Waals surface area contributed by atoms with E-state index >= 15 is 0 Å². The van der Waals surface area contributed by atoms with Crippen LogP contribution in [-0.4, -0.2) is 12.1 Å². The van der Waals surface area contributed by atoms with E-state index in [1.165, 1.54) is 11.3 Å². The second-order valence-corrected chi connectivity index (χ2v) is 5.75. The fraction of sp³-hybridized carbons (Fsp3) is 0.154. The molecule has 0 aliphatic rings. The predicted molar refractivity (Wildman–Crippen MR) is 78.9 cm³/mol. The Labute approximate surface area is 116 Å². The Morgan fingerprint density at radius 2 is 2.11 bits per heavy atom. The van der Waals surface area contributed by atoms with Crippen molar-refractivity contribution < 1.29 is 4.74 Å². The molecule has 0 fully saturated rings. The number of methoxy groups -OCH3 is 1. The van der Waals surface area contributed by atoms with Crippen molar-refractivity contribution >= 4 is 48.3 Å². The molecule has 0 spiro atoms. The Bertz CT molecular complexity index is 819. The highest BCUT2D eigenvalue weighted by Crippen LogP contribution is 2.38. The lowest BCUT2D eigenvalue weighted by atomic mass is 10.1. The summed E-state index contributed by atoms with van der Waals surface area (Å²) in [6, 6.07) is 3.72. The molecule has 3 aromatic rings. The van der Waals surface area contributed by atoms with Crippen molar-refractivity contribution in [2.75, 3.05) is 7.11 Å². The average Bonchev–Trinajstić information content (AvgIpc) is 2.73. The zero-order valence-corrected chi connectivity index (χ0v) is 12.2. The largest absolute Gasteiger partial charge is 0.496 e. The average molecular weight is 324 g/mol. The van der Waals surface area contributed by atoms with E-state index in [0.29, 0.717) is 0 Å². The first-order valence-corrected chi connectivity index (χ1v) is 7.07. The van der Waals surface area contributed by atoms with Gasteiger partial charge in [-0.25, -0.2) is 0 Å². The maximum atomic E-state index is 12.0. The molecular formula is C13H10BrNO2S. The molecule has 0 saturated carbocycles. The SMILES string of the molecule is COc1ccc2[nH]c(=O)c3scc(C)c3c2c1Br. The third kappa shape index (κ3) is 1.51. The molecule has 0 amide bonds. The molecule has 3 rings (SSSR count). The normalized spacial score (nSPS) is 11.3. The number of aryl methyl sites for hydroxylation is 1. The van der Waals surface area contributed by atoms with Crippen LogP contribution in [0, 0.1) is 6.92 Å². The van der Waals surface area contributed by atoms with E-state index < -0.39 is 0 Å². The molecule has 0 unspecified atom stereocenters. The van der Waals surface area contributed by atoms with E-state index in [9.17, 15) is 4.79 Å². The second-order valence-electron chi connectivity index (χ2n) is 4.08. The Hall–Kier alpha value is -1.33. The number of nitrogens with one attached hydrogen (secondary N) is 1. The summed E-state index contributed by atoms with van der Waals surface area (Å²) in [7, 11) is 1.63. The quantitative estimate of drug-likeness (QED) is 0.739. The highest BCUT2D eigenvalue weighted by atomic mass is 79.9. The van der Waals surface area contributed by atoms with Crippen molar-refractivity contribution in [3.05, 3.63) is 37.9 Å². The third-order valence-corrected chi connectivity index (χ3v) is 4.89. The molecule has 3 nitrogen and oxygen atoms in total. The third-order valence-electron chi connectivity index (χ3n) is 3.01. The van der Waals surface area contributed by atoms with Gasteiger partial charge in [0, 0.05) is 10.8 Å². The number of H-pyrrole nitrogens is 1. The van der Waals surface area contributed by atoms with Crippen LogP contribution in [0.3, 0.4) is 0 Å². The Morgan fingerprint density at radius 3 is 2.83 bits per heavy atom. The number of hydrogen-bond donors (Lipinski definition) is 1. The minimum atomic E-state index is -0.0346. The van der Waals surface area contributed by atoms with Crippen LogP contribution in [0.4, 0.5) is 0 Å². The molecule has 2 heterocycles. The van der Waals surface area contributed by atoms with Crippen molar-refractivity contribution in [3.63, 3.8) is 0 Å². The number of thiophene rings is 1. The lowest BCUT2D eigenvalue weighted by molar-refractivity contribution is 0.413.